The zero-order valence-corrected chi connectivity index (χ0v) is 17.9. The van der Waals surface area contributed by atoms with Gasteiger partial charge in [0, 0.05) is 10.4 Å². The number of benzene rings is 2. The average Bonchev–Trinajstić information content (AvgIpc) is 2.72. The third-order valence-electron chi connectivity index (χ3n) is 4.62. The Balaban J connectivity index is 2.14. The number of ether oxygens (including phenoxy) is 2. The second-order valence-corrected chi connectivity index (χ2v) is 7.33. The van der Waals surface area contributed by atoms with Gasteiger partial charge in [0.15, 0.2) is 11.5 Å². The first kappa shape index (κ1) is 20.1. The molecule has 0 saturated heterocycles. The summed E-state index contributed by atoms with van der Waals surface area (Å²) in [5, 5.41) is 4.98. The molecule has 0 fully saturated rings. The van der Waals surface area contributed by atoms with Crippen LogP contribution in [0.15, 0.2) is 50.8 Å². The molecule has 0 radical (unpaired) electrons. The van der Waals surface area contributed by atoms with Crippen LogP contribution in [0.4, 0.5) is 0 Å². The van der Waals surface area contributed by atoms with Gasteiger partial charge in [-0.25, -0.2) is 4.98 Å². The van der Waals surface area contributed by atoms with Crippen molar-refractivity contribution >= 4 is 33.0 Å². The third kappa shape index (κ3) is 3.94. The molecule has 3 rings (SSSR count). The predicted octanol–water partition coefficient (Wildman–Crippen LogP) is 4.57. The smallest absolute Gasteiger partial charge is 0.282 e. The number of aromatic nitrogens is 2. The van der Waals surface area contributed by atoms with E-state index in [9.17, 15) is 4.79 Å². The summed E-state index contributed by atoms with van der Waals surface area (Å²) >= 11 is 3.42. The van der Waals surface area contributed by atoms with Gasteiger partial charge in [-0.15, -0.1) is 0 Å². The monoisotopic (exact) mass is 443 g/mol. The summed E-state index contributed by atoms with van der Waals surface area (Å²) in [6.07, 6.45) is 2.47. The molecule has 1 atom stereocenters. The highest BCUT2D eigenvalue weighted by Crippen LogP contribution is 2.27. The number of fused-ring (bicyclic) bond motifs is 1. The van der Waals surface area contributed by atoms with Crippen LogP contribution in [0.1, 0.15) is 37.6 Å². The van der Waals surface area contributed by atoms with Crippen molar-refractivity contribution in [2.24, 2.45) is 5.10 Å². The summed E-state index contributed by atoms with van der Waals surface area (Å²) in [4.78, 5) is 17.8. The number of methoxy groups -OCH3 is 2. The van der Waals surface area contributed by atoms with Gasteiger partial charge in [0.1, 0.15) is 5.82 Å². The molecule has 0 saturated carbocycles. The molecule has 6 nitrogen and oxygen atoms in total. The Kier molecular flexibility index (Phi) is 6.14. The second kappa shape index (κ2) is 8.56. The maximum atomic E-state index is 13.1. The van der Waals surface area contributed by atoms with Gasteiger partial charge in [-0.2, -0.15) is 9.78 Å². The quantitative estimate of drug-likeness (QED) is 0.523. The molecule has 1 heterocycles. The van der Waals surface area contributed by atoms with Crippen molar-refractivity contribution < 1.29 is 9.47 Å². The lowest BCUT2D eigenvalue weighted by atomic mass is 10.1. The van der Waals surface area contributed by atoms with E-state index in [0.29, 0.717) is 28.2 Å². The molecule has 28 heavy (non-hydrogen) atoms. The number of rotatable bonds is 6. The van der Waals surface area contributed by atoms with Gasteiger partial charge in [0.05, 0.1) is 31.3 Å². The zero-order valence-electron chi connectivity index (χ0n) is 16.3. The minimum atomic E-state index is -0.196. The molecule has 0 spiro atoms. The minimum Gasteiger partial charge on any atom is -0.493 e. The van der Waals surface area contributed by atoms with Crippen LogP contribution < -0.4 is 15.0 Å². The van der Waals surface area contributed by atoms with E-state index in [2.05, 4.69) is 28.0 Å². The van der Waals surface area contributed by atoms with E-state index >= 15 is 0 Å². The Bertz CT molecular complexity index is 1090. The summed E-state index contributed by atoms with van der Waals surface area (Å²) in [6.45, 7) is 4.10. The summed E-state index contributed by atoms with van der Waals surface area (Å²) < 4.78 is 12.8. The van der Waals surface area contributed by atoms with E-state index in [1.54, 1.807) is 38.6 Å². The number of halogens is 1. The first-order chi connectivity index (χ1) is 13.5. The molecule has 0 amide bonds. The van der Waals surface area contributed by atoms with Gasteiger partial charge in [0.25, 0.3) is 5.56 Å². The van der Waals surface area contributed by atoms with E-state index < -0.39 is 0 Å². The third-order valence-corrected chi connectivity index (χ3v) is 5.11. The highest BCUT2D eigenvalue weighted by atomic mass is 79.9. The van der Waals surface area contributed by atoms with Crippen molar-refractivity contribution in [1.29, 1.82) is 0 Å². The molecular weight excluding hydrogens is 422 g/mol. The largest absolute Gasteiger partial charge is 0.493 e. The number of hydrogen-bond acceptors (Lipinski definition) is 5. The maximum absolute atomic E-state index is 13.1. The van der Waals surface area contributed by atoms with Gasteiger partial charge in [-0.1, -0.05) is 29.8 Å². The van der Waals surface area contributed by atoms with Crippen LogP contribution in [0.25, 0.3) is 10.9 Å². The topological polar surface area (TPSA) is 65.7 Å². The second-order valence-electron chi connectivity index (χ2n) is 6.42. The van der Waals surface area contributed by atoms with Crippen molar-refractivity contribution in [2.45, 2.75) is 26.2 Å². The Labute approximate surface area is 171 Å². The maximum Gasteiger partial charge on any atom is 0.282 e. The Morgan fingerprint density at radius 3 is 2.61 bits per heavy atom. The van der Waals surface area contributed by atoms with Crippen LogP contribution in [-0.2, 0) is 0 Å². The minimum absolute atomic E-state index is 0.0864. The standard InChI is InChI=1S/C21H22BrN3O3/c1-5-13(2)20-24-17-8-7-15(22)11-16(17)21(26)25(20)23-12-14-6-9-18(27-3)19(10-14)28-4/h6-13H,5H2,1-4H3/t13-/m1/s1. The predicted molar refractivity (Wildman–Crippen MR) is 115 cm³/mol. The van der Waals surface area contributed by atoms with Crippen molar-refractivity contribution in [3.05, 3.63) is 62.6 Å². The van der Waals surface area contributed by atoms with Crippen molar-refractivity contribution in [3.63, 3.8) is 0 Å². The van der Waals surface area contributed by atoms with Crippen LogP contribution in [0.2, 0.25) is 0 Å². The van der Waals surface area contributed by atoms with Crippen molar-refractivity contribution in [3.8, 4) is 11.5 Å². The lowest BCUT2D eigenvalue weighted by molar-refractivity contribution is 0.355. The van der Waals surface area contributed by atoms with Crippen LogP contribution in [0.3, 0.4) is 0 Å². The molecule has 0 aliphatic carbocycles. The highest BCUT2D eigenvalue weighted by molar-refractivity contribution is 9.10. The molecule has 2 aromatic carbocycles. The molecule has 0 aliphatic heterocycles. The van der Waals surface area contributed by atoms with Crippen LogP contribution in [0, 0.1) is 0 Å². The van der Waals surface area contributed by atoms with Gasteiger partial charge in [-0.3, -0.25) is 4.79 Å². The van der Waals surface area contributed by atoms with Gasteiger partial charge in [-0.05, 0) is 48.4 Å². The molecular formula is C21H22BrN3O3. The summed E-state index contributed by atoms with van der Waals surface area (Å²) in [7, 11) is 3.16. The van der Waals surface area contributed by atoms with E-state index in [4.69, 9.17) is 14.5 Å². The molecule has 0 bridgehead atoms. The van der Waals surface area contributed by atoms with Gasteiger partial charge < -0.3 is 9.47 Å². The number of nitrogens with zero attached hydrogens (tertiary/aromatic N) is 3. The Morgan fingerprint density at radius 1 is 1.18 bits per heavy atom. The summed E-state index contributed by atoms with van der Waals surface area (Å²) in [5.41, 5.74) is 1.26. The van der Waals surface area contributed by atoms with Crippen LogP contribution >= 0.6 is 15.9 Å². The van der Waals surface area contributed by atoms with E-state index in [1.165, 1.54) is 4.68 Å². The van der Waals surface area contributed by atoms with Crippen molar-refractivity contribution in [1.82, 2.24) is 9.66 Å². The SMILES string of the molecule is CC[C@@H](C)c1nc2ccc(Br)cc2c(=O)n1N=Cc1ccc(OC)c(OC)c1. The van der Waals surface area contributed by atoms with E-state index in [0.717, 1.165) is 16.5 Å². The zero-order chi connectivity index (χ0) is 20.3. The first-order valence-electron chi connectivity index (χ1n) is 8.97. The van der Waals surface area contributed by atoms with E-state index in [-0.39, 0.29) is 11.5 Å². The molecule has 146 valence electrons. The normalized spacial score (nSPS) is 12.5. The van der Waals surface area contributed by atoms with E-state index in [1.807, 2.05) is 25.1 Å². The van der Waals surface area contributed by atoms with Crippen molar-refractivity contribution in [2.75, 3.05) is 14.2 Å². The van der Waals surface area contributed by atoms with Gasteiger partial charge in [0.2, 0.25) is 0 Å². The molecule has 1 aromatic heterocycles. The van der Waals surface area contributed by atoms with Crippen LogP contribution in [-0.4, -0.2) is 30.1 Å². The lowest BCUT2D eigenvalue weighted by Crippen LogP contribution is -2.23. The summed E-state index contributed by atoms with van der Waals surface area (Å²) in [6, 6.07) is 11.0. The first-order valence-corrected chi connectivity index (χ1v) is 9.76. The van der Waals surface area contributed by atoms with Crippen LogP contribution in [0.5, 0.6) is 11.5 Å². The molecule has 0 aliphatic rings. The lowest BCUT2D eigenvalue weighted by Gasteiger charge is -2.14. The fourth-order valence-electron chi connectivity index (χ4n) is 2.84. The highest BCUT2D eigenvalue weighted by Gasteiger charge is 2.15. The fourth-order valence-corrected chi connectivity index (χ4v) is 3.20. The molecule has 0 unspecified atom stereocenters. The average molecular weight is 444 g/mol. The van der Waals surface area contributed by atoms with Gasteiger partial charge >= 0.3 is 0 Å². The Hall–Kier alpha value is -2.67. The number of hydrogen-bond donors (Lipinski definition) is 0. The Morgan fingerprint density at radius 2 is 1.93 bits per heavy atom. The molecule has 3 aromatic rings. The molecule has 0 N–H and O–H groups in total. The summed E-state index contributed by atoms with van der Waals surface area (Å²) in [5.74, 6) is 1.96. The fraction of sp³-hybridized carbons (Fsp3) is 0.286. The molecule has 7 heteroatoms.